The summed E-state index contributed by atoms with van der Waals surface area (Å²) in [5.74, 6) is 6.44. The fourth-order valence-electron chi connectivity index (χ4n) is 1.18. The molecule has 0 spiro atoms. The molecule has 0 bridgehead atoms. The zero-order valence-electron chi connectivity index (χ0n) is 8.91. The van der Waals surface area contributed by atoms with Crippen molar-refractivity contribution >= 4 is 16.9 Å². The van der Waals surface area contributed by atoms with Gasteiger partial charge in [-0.3, -0.25) is 0 Å². The average molecular weight is 249 g/mol. The van der Waals surface area contributed by atoms with Crippen LogP contribution in [0.1, 0.15) is 5.89 Å². The van der Waals surface area contributed by atoms with Gasteiger partial charge in [-0.05, 0) is 12.1 Å². The Hall–Kier alpha value is -2.02. The molecule has 2 rings (SSSR count). The van der Waals surface area contributed by atoms with E-state index in [0.29, 0.717) is 17.5 Å². The third kappa shape index (κ3) is 2.97. The highest BCUT2D eigenvalue weighted by atomic mass is 32.2. The molecular weight excluding hydrogens is 238 g/mol. The van der Waals surface area contributed by atoms with E-state index in [9.17, 15) is 0 Å². The van der Waals surface area contributed by atoms with Crippen molar-refractivity contribution in [1.82, 2.24) is 10.2 Å². The maximum atomic E-state index is 5.47. The second kappa shape index (κ2) is 5.35. The fourth-order valence-corrected chi connectivity index (χ4v) is 1.64. The summed E-state index contributed by atoms with van der Waals surface area (Å²) in [6.45, 7) is 0. The number of rotatable bonds is 3. The molecule has 88 valence electrons. The van der Waals surface area contributed by atoms with Crippen LogP contribution in [0.2, 0.25) is 0 Å². The third-order valence-electron chi connectivity index (χ3n) is 1.96. The smallest absolute Gasteiger partial charge is 0.247 e. The summed E-state index contributed by atoms with van der Waals surface area (Å²) in [6, 6.07) is 9.55. The molecule has 4 N–H and O–H groups in total. The van der Waals surface area contributed by atoms with Gasteiger partial charge in [-0.15, -0.1) is 10.2 Å². The van der Waals surface area contributed by atoms with Crippen molar-refractivity contribution in [2.45, 2.75) is 5.75 Å². The van der Waals surface area contributed by atoms with Gasteiger partial charge in [0.25, 0.3) is 0 Å². The van der Waals surface area contributed by atoms with Gasteiger partial charge in [0.05, 0.1) is 5.75 Å². The number of nitrogens with two attached hydrogens (primary N) is 2. The average Bonchev–Trinajstić information content (AvgIpc) is 2.86. The Bertz CT molecular complexity index is 510. The number of aromatic nitrogens is 2. The normalized spacial score (nSPS) is 11.6. The lowest BCUT2D eigenvalue weighted by Crippen LogP contribution is -2.09. The zero-order chi connectivity index (χ0) is 12.1. The zero-order valence-corrected chi connectivity index (χ0v) is 9.72. The number of hydrogen-bond acceptors (Lipinski definition) is 6. The predicted molar refractivity (Wildman–Crippen MR) is 66.8 cm³/mol. The van der Waals surface area contributed by atoms with Gasteiger partial charge in [-0.25, -0.2) is 0 Å². The number of nitrogens with zero attached hydrogens (tertiary/aromatic N) is 3. The summed E-state index contributed by atoms with van der Waals surface area (Å²) in [7, 11) is 0. The largest absolute Gasteiger partial charge is 0.420 e. The van der Waals surface area contributed by atoms with E-state index in [1.165, 1.54) is 11.8 Å². The molecule has 0 atom stereocenters. The molecule has 6 nitrogen and oxygen atoms in total. The van der Waals surface area contributed by atoms with Crippen LogP contribution in [0.15, 0.2) is 39.9 Å². The van der Waals surface area contributed by atoms with E-state index in [1.54, 1.807) is 0 Å². The minimum atomic E-state index is 0.282. The highest BCUT2D eigenvalue weighted by molar-refractivity contribution is 8.13. The van der Waals surface area contributed by atoms with Gasteiger partial charge in [0.15, 0.2) is 5.17 Å². The quantitative estimate of drug-likeness (QED) is 0.366. The topological polar surface area (TPSA) is 103 Å². The lowest BCUT2D eigenvalue weighted by atomic mass is 10.2. The van der Waals surface area contributed by atoms with Crippen LogP contribution in [-0.4, -0.2) is 15.4 Å². The van der Waals surface area contributed by atoms with E-state index in [2.05, 4.69) is 15.3 Å². The SMILES string of the molecule is NN=C(N)SCc1nnc(-c2ccccc2)o1. The maximum absolute atomic E-state index is 5.47. The molecule has 0 saturated carbocycles. The van der Waals surface area contributed by atoms with Crippen molar-refractivity contribution in [2.75, 3.05) is 0 Å². The van der Waals surface area contributed by atoms with Gasteiger partial charge in [0.1, 0.15) is 0 Å². The van der Waals surface area contributed by atoms with Crippen molar-refractivity contribution in [2.24, 2.45) is 16.7 Å². The van der Waals surface area contributed by atoms with Gasteiger partial charge in [0, 0.05) is 5.56 Å². The summed E-state index contributed by atoms with van der Waals surface area (Å²) in [5, 5.41) is 11.5. The molecule has 0 amide bonds. The fraction of sp³-hybridized carbons (Fsp3) is 0.100. The molecule has 1 heterocycles. The molecule has 0 saturated heterocycles. The lowest BCUT2D eigenvalue weighted by Gasteiger charge is -1.94. The second-order valence-electron chi connectivity index (χ2n) is 3.12. The number of hydrogen-bond donors (Lipinski definition) is 2. The van der Waals surface area contributed by atoms with Crippen LogP contribution in [0.4, 0.5) is 0 Å². The Morgan fingerprint density at radius 2 is 2.06 bits per heavy atom. The van der Waals surface area contributed by atoms with Gasteiger partial charge < -0.3 is 16.0 Å². The van der Waals surface area contributed by atoms with Crippen LogP contribution in [-0.2, 0) is 5.75 Å². The number of amidine groups is 1. The first-order chi connectivity index (χ1) is 8.29. The van der Waals surface area contributed by atoms with Crippen molar-refractivity contribution < 1.29 is 4.42 Å². The first-order valence-corrected chi connectivity index (χ1v) is 5.82. The highest BCUT2D eigenvalue weighted by Gasteiger charge is 2.08. The van der Waals surface area contributed by atoms with Gasteiger partial charge >= 0.3 is 0 Å². The molecule has 2 aromatic rings. The molecule has 0 aliphatic carbocycles. The molecular formula is C10H11N5OS. The maximum Gasteiger partial charge on any atom is 0.247 e. The molecule has 0 radical (unpaired) electrons. The molecule has 0 unspecified atom stereocenters. The van der Waals surface area contributed by atoms with E-state index in [4.69, 9.17) is 16.0 Å². The number of benzene rings is 1. The Labute approximate surface area is 102 Å². The van der Waals surface area contributed by atoms with Gasteiger partial charge in [-0.1, -0.05) is 30.0 Å². The summed E-state index contributed by atoms with van der Waals surface area (Å²) in [6.07, 6.45) is 0. The van der Waals surface area contributed by atoms with E-state index in [0.717, 1.165) is 5.56 Å². The van der Waals surface area contributed by atoms with Gasteiger partial charge in [-0.2, -0.15) is 5.10 Å². The Balaban J connectivity index is 2.06. The first kappa shape index (κ1) is 11.5. The van der Waals surface area contributed by atoms with E-state index >= 15 is 0 Å². The van der Waals surface area contributed by atoms with Crippen LogP contribution in [0.25, 0.3) is 11.5 Å². The molecule has 1 aromatic carbocycles. The summed E-state index contributed by atoms with van der Waals surface area (Å²) >= 11 is 1.24. The van der Waals surface area contributed by atoms with Gasteiger partial charge in [0.2, 0.25) is 11.8 Å². The lowest BCUT2D eigenvalue weighted by molar-refractivity contribution is 0.529. The van der Waals surface area contributed by atoms with Crippen molar-refractivity contribution in [1.29, 1.82) is 0 Å². The standard InChI is InChI=1S/C10H11N5OS/c11-10(13-12)17-6-8-14-15-9(16-8)7-4-2-1-3-5-7/h1-5H,6,12H2,(H2,11,13). The van der Waals surface area contributed by atoms with Crippen LogP contribution in [0, 0.1) is 0 Å². The van der Waals surface area contributed by atoms with Crippen molar-refractivity contribution in [3.8, 4) is 11.5 Å². The van der Waals surface area contributed by atoms with Crippen molar-refractivity contribution in [3.63, 3.8) is 0 Å². The van der Waals surface area contributed by atoms with Crippen LogP contribution < -0.4 is 11.6 Å². The second-order valence-corrected chi connectivity index (χ2v) is 4.12. The molecule has 0 fully saturated rings. The molecule has 17 heavy (non-hydrogen) atoms. The minimum absolute atomic E-state index is 0.282. The number of hydrazone groups is 1. The summed E-state index contributed by atoms with van der Waals surface area (Å²) in [4.78, 5) is 0. The molecule has 1 aromatic heterocycles. The monoisotopic (exact) mass is 249 g/mol. The molecule has 0 aliphatic rings. The van der Waals surface area contributed by atoms with E-state index in [1.807, 2.05) is 30.3 Å². The highest BCUT2D eigenvalue weighted by Crippen LogP contribution is 2.19. The molecule has 7 heteroatoms. The first-order valence-electron chi connectivity index (χ1n) is 4.83. The van der Waals surface area contributed by atoms with Crippen LogP contribution in [0.5, 0.6) is 0 Å². The van der Waals surface area contributed by atoms with Crippen LogP contribution in [0.3, 0.4) is 0 Å². The number of thioether (sulfide) groups is 1. The predicted octanol–water partition coefficient (Wildman–Crippen LogP) is 1.16. The summed E-state index contributed by atoms with van der Waals surface area (Å²) < 4.78 is 5.47. The summed E-state index contributed by atoms with van der Waals surface area (Å²) in [5.41, 5.74) is 6.32. The van der Waals surface area contributed by atoms with E-state index in [-0.39, 0.29) is 5.17 Å². The molecule has 0 aliphatic heterocycles. The van der Waals surface area contributed by atoms with Crippen molar-refractivity contribution in [3.05, 3.63) is 36.2 Å². The Kier molecular flexibility index (Phi) is 3.61. The Morgan fingerprint density at radius 3 is 2.76 bits per heavy atom. The van der Waals surface area contributed by atoms with Crippen LogP contribution >= 0.6 is 11.8 Å². The third-order valence-corrected chi connectivity index (χ3v) is 2.75. The minimum Gasteiger partial charge on any atom is -0.420 e. The van der Waals surface area contributed by atoms with E-state index < -0.39 is 0 Å². The Morgan fingerprint density at radius 1 is 1.29 bits per heavy atom.